The van der Waals surface area contributed by atoms with Crippen molar-refractivity contribution in [1.82, 2.24) is 5.32 Å². The molecule has 0 heterocycles. The Kier molecular flexibility index (Phi) is 4.00. The molecular weight excluding hydrogens is 194 g/mol. The van der Waals surface area contributed by atoms with Crippen LogP contribution >= 0.6 is 0 Å². The monoisotopic (exact) mass is 217 g/mol. The molecule has 1 heteroatoms. The predicted molar refractivity (Wildman–Crippen MR) is 69.7 cm³/mol. The van der Waals surface area contributed by atoms with Gasteiger partial charge in [0.25, 0.3) is 0 Å². The van der Waals surface area contributed by atoms with Crippen molar-refractivity contribution in [2.24, 2.45) is 5.92 Å². The van der Waals surface area contributed by atoms with E-state index in [4.69, 9.17) is 0 Å². The zero-order chi connectivity index (χ0) is 11.4. The number of aryl methyl sites for hydroxylation is 1. The van der Waals surface area contributed by atoms with Crippen LogP contribution < -0.4 is 5.32 Å². The van der Waals surface area contributed by atoms with Crippen molar-refractivity contribution in [2.45, 2.75) is 45.6 Å². The van der Waals surface area contributed by atoms with E-state index < -0.39 is 0 Å². The molecule has 1 aromatic rings. The van der Waals surface area contributed by atoms with Crippen molar-refractivity contribution in [2.75, 3.05) is 6.54 Å². The summed E-state index contributed by atoms with van der Waals surface area (Å²) in [6.07, 6.45) is 5.39. The molecule has 0 radical (unpaired) electrons. The third kappa shape index (κ3) is 3.34. The van der Waals surface area contributed by atoms with E-state index in [1.165, 1.54) is 43.4 Å². The molecule has 1 aromatic carbocycles. The van der Waals surface area contributed by atoms with Crippen molar-refractivity contribution < 1.29 is 0 Å². The normalized spacial score (nSPS) is 18.1. The highest BCUT2D eigenvalue weighted by molar-refractivity contribution is 5.22. The second kappa shape index (κ2) is 5.49. The van der Waals surface area contributed by atoms with Gasteiger partial charge in [0.05, 0.1) is 0 Å². The minimum Gasteiger partial charge on any atom is -0.314 e. The number of benzene rings is 1. The lowest BCUT2D eigenvalue weighted by molar-refractivity contribution is 0.320. The maximum absolute atomic E-state index is 3.65. The molecule has 1 nitrogen and oxygen atoms in total. The molecule has 0 spiro atoms. The van der Waals surface area contributed by atoms with Gasteiger partial charge in [-0.2, -0.15) is 0 Å². The first kappa shape index (κ1) is 11.7. The maximum Gasteiger partial charge on any atom is 0.00671 e. The second-order valence-electron chi connectivity index (χ2n) is 5.33. The van der Waals surface area contributed by atoms with Crippen molar-refractivity contribution in [3.05, 3.63) is 35.4 Å². The van der Waals surface area contributed by atoms with Gasteiger partial charge in [-0.25, -0.2) is 0 Å². The molecule has 0 aromatic heterocycles. The molecule has 1 unspecified atom stereocenters. The summed E-state index contributed by atoms with van der Waals surface area (Å²) in [5.41, 5.74) is 2.85. The van der Waals surface area contributed by atoms with Crippen LogP contribution in [0.2, 0.25) is 0 Å². The van der Waals surface area contributed by atoms with Crippen molar-refractivity contribution in [3.63, 3.8) is 0 Å². The first-order chi connectivity index (χ1) is 7.74. The minimum absolute atomic E-state index is 0.738. The van der Waals surface area contributed by atoms with Crippen LogP contribution in [0.25, 0.3) is 0 Å². The number of hydrogen-bond donors (Lipinski definition) is 1. The molecule has 1 fully saturated rings. The van der Waals surface area contributed by atoms with Crippen LogP contribution in [0.1, 0.15) is 37.3 Å². The molecule has 88 valence electrons. The lowest BCUT2D eigenvalue weighted by atomic mass is 9.92. The van der Waals surface area contributed by atoms with Crippen LogP contribution in [0.15, 0.2) is 24.3 Å². The first-order valence-corrected chi connectivity index (χ1v) is 6.53. The predicted octanol–water partition coefficient (Wildman–Crippen LogP) is 3.32. The fourth-order valence-corrected chi connectivity index (χ4v) is 2.29. The van der Waals surface area contributed by atoms with Crippen molar-refractivity contribution in [3.8, 4) is 0 Å². The van der Waals surface area contributed by atoms with Gasteiger partial charge in [-0.05, 0) is 44.2 Å². The zero-order valence-corrected chi connectivity index (χ0v) is 10.5. The Morgan fingerprint density at radius 1 is 1.38 bits per heavy atom. The third-order valence-corrected chi connectivity index (χ3v) is 3.53. The summed E-state index contributed by atoms with van der Waals surface area (Å²) in [5, 5.41) is 3.65. The van der Waals surface area contributed by atoms with E-state index in [0.29, 0.717) is 0 Å². The summed E-state index contributed by atoms with van der Waals surface area (Å²) < 4.78 is 0. The maximum atomic E-state index is 3.65. The van der Waals surface area contributed by atoms with E-state index in [1.807, 2.05) is 0 Å². The van der Waals surface area contributed by atoms with Crippen LogP contribution in [0.5, 0.6) is 0 Å². The smallest absolute Gasteiger partial charge is 0.00671 e. The topological polar surface area (TPSA) is 12.0 Å². The Morgan fingerprint density at radius 2 is 2.19 bits per heavy atom. The van der Waals surface area contributed by atoms with Gasteiger partial charge in [0.1, 0.15) is 0 Å². The van der Waals surface area contributed by atoms with Gasteiger partial charge >= 0.3 is 0 Å². The molecule has 1 saturated carbocycles. The molecule has 0 bridgehead atoms. The highest BCUT2D eigenvalue weighted by atomic mass is 14.9. The number of nitrogens with one attached hydrogen (secondary N) is 1. The summed E-state index contributed by atoms with van der Waals surface area (Å²) in [4.78, 5) is 0. The third-order valence-electron chi connectivity index (χ3n) is 3.53. The van der Waals surface area contributed by atoms with Crippen LogP contribution in [0.3, 0.4) is 0 Å². The molecule has 16 heavy (non-hydrogen) atoms. The summed E-state index contributed by atoms with van der Waals surface area (Å²) in [6, 6.07) is 9.70. The minimum atomic E-state index is 0.738. The largest absolute Gasteiger partial charge is 0.314 e. The Labute approximate surface area is 99.3 Å². The van der Waals surface area contributed by atoms with E-state index in [-0.39, 0.29) is 0 Å². The van der Waals surface area contributed by atoms with E-state index in [9.17, 15) is 0 Å². The SMILES string of the molecule is Cc1cccc(CC(C)CNC2CCC2)c1. The molecule has 0 amide bonds. The highest BCUT2D eigenvalue weighted by Gasteiger charge is 2.17. The molecule has 1 aliphatic carbocycles. The average Bonchev–Trinajstić information content (AvgIpc) is 2.15. The fourth-order valence-electron chi connectivity index (χ4n) is 2.29. The van der Waals surface area contributed by atoms with E-state index in [1.54, 1.807) is 0 Å². The molecule has 1 N–H and O–H groups in total. The van der Waals surface area contributed by atoms with E-state index >= 15 is 0 Å². The van der Waals surface area contributed by atoms with Gasteiger partial charge in [-0.15, -0.1) is 0 Å². The van der Waals surface area contributed by atoms with Gasteiger partial charge < -0.3 is 5.32 Å². The Bertz CT molecular complexity index is 328. The molecule has 1 atom stereocenters. The van der Waals surface area contributed by atoms with Gasteiger partial charge in [0, 0.05) is 6.04 Å². The van der Waals surface area contributed by atoms with Crippen LogP contribution in [-0.2, 0) is 6.42 Å². The zero-order valence-electron chi connectivity index (χ0n) is 10.5. The molecule has 2 rings (SSSR count). The number of hydrogen-bond acceptors (Lipinski definition) is 1. The lowest BCUT2D eigenvalue weighted by Gasteiger charge is -2.28. The Morgan fingerprint density at radius 3 is 2.81 bits per heavy atom. The summed E-state index contributed by atoms with van der Waals surface area (Å²) in [6.45, 7) is 5.67. The molecule has 0 aliphatic heterocycles. The quantitative estimate of drug-likeness (QED) is 0.798. The van der Waals surface area contributed by atoms with Crippen molar-refractivity contribution >= 4 is 0 Å². The van der Waals surface area contributed by atoms with Gasteiger partial charge in [0.15, 0.2) is 0 Å². The summed E-state index contributed by atoms with van der Waals surface area (Å²) in [5.74, 6) is 0.738. The Hall–Kier alpha value is -0.820. The summed E-state index contributed by atoms with van der Waals surface area (Å²) >= 11 is 0. The van der Waals surface area contributed by atoms with Gasteiger partial charge in [-0.1, -0.05) is 43.2 Å². The highest BCUT2D eigenvalue weighted by Crippen LogP contribution is 2.18. The Balaban J connectivity index is 1.75. The molecule has 0 saturated heterocycles. The van der Waals surface area contributed by atoms with Gasteiger partial charge in [-0.3, -0.25) is 0 Å². The van der Waals surface area contributed by atoms with Crippen molar-refractivity contribution in [1.29, 1.82) is 0 Å². The molecular formula is C15H23N. The number of rotatable bonds is 5. The average molecular weight is 217 g/mol. The fraction of sp³-hybridized carbons (Fsp3) is 0.600. The van der Waals surface area contributed by atoms with Gasteiger partial charge in [0.2, 0.25) is 0 Å². The lowest BCUT2D eigenvalue weighted by Crippen LogP contribution is -2.38. The van der Waals surface area contributed by atoms with Crippen LogP contribution in [-0.4, -0.2) is 12.6 Å². The van der Waals surface area contributed by atoms with Crippen LogP contribution in [0.4, 0.5) is 0 Å². The van der Waals surface area contributed by atoms with E-state index in [2.05, 4.69) is 43.4 Å². The summed E-state index contributed by atoms with van der Waals surface area (Å²) in [7, 11) is 0. The first-order valence-electron chi connectivity index (χ1n) is 6.53. The van der Waals surface area contributed by atoms with Crippen LogP contribution in [0, 0.1) is 12.8 Å². The van der Waals surface area contributed by atoms with E-state index in [0.717, 1.165) is 12.0 Å². The molecule has 1 aliphatic rings. The standard InChI is InChI=1S/C15H23N/c1-12-5-3-6-14(9-12)10-13(2)11-16-15-7-4-8-15/h3,5-6,9,13,15-16H,4,7-8,10-11H2,1-2H3. The second-order valence-corrected chi connectivity index (χ2v) is 5.33.